The van der Waals surface area contributed by atoms with Gasteiger partial charge in [-0.15, -0.1) is 0 Å². The molecule has 0 spiro atoms. The number of nitrogens with zero attached hydrogens (tertiary/aromatic N) is 1. The Morgan fingerprint density at radius 3 is 2.19 bits per heavy atom. The summed E-state index contributed by atoms with van der Waals surface area (Å²) in [6, 6.07) is 28.6. The molecule has 2 N–H and O–H groups in total. The van der Waals surface area contributed by atoms with Crippen LogP contribution < -0.4 is 10.6 Å². The first-order valence-electron chi connectivity index (χ1n) is 8.80. The van der Waals surface area contributed by atoms with E-state index < -0.39 is 0 Å². The number of nitriles is 1. The molecule has 4 heteroatoms. The van der Waals surface area contributed by atoms with E-state index >= 15 is 0 Å². The van der Waals surface area contributed by atoms with E-state index in [1.54, 1.807) is 0 Å². The number of hydrogen-bond donors (Lipinski definition) is 2. The molecule has 0 saturated heterocycles. The molecule has 0 aliphatic carbocycles. The van der Waals surface area contributed by atoms with Gasteiger partial charge in [-0.1, -0.05) is 72.3 Å². The molecule has 27 heavy (non-hydrogen) atoms. The van der Waals surface area contributed by atoms with Gasteiger partial charge in [0, 0.05) is 5.69 Å². The van der Waals surface area contributed by atoms with Gasteiger partial charge in [0.15, 0.2) is 5.11 Å². The Balaban J connectivity index is 1.76. The van der Waals surface area contributed by atoms with Crippen molar-refractivity contribution in [3.05, 3.63) is 101 Å². The molecule has 0 aliphatic heterocycles. The Hall–Kier alpha value is -3.16. The van der Waals surface area contributed by atoms with Gasteiger partial charge in [0.2, 0.25) is 0 Å². The van der Waals surface area contributed by atoms with E-state index in [1.807, 2.05) is 42.5 Å². The van der Waals surface area contributed by atoms with Gasteiger partial charge in [0.1, 0.15) is 0 Å². The Morgan fingerprint density at radius 2 is 1.56 bits per heavy atom. The second-order valence-electron chi connectivity index (χ2n) is 6.38. The summed E-state index contributed by atoms with van der Waals surface area (Å²) in [5, 5.41) is 16.0. The minimum Gasteiger partial charge on any atom is -0.352 e. The van der Waals surface area contributed by atoms with Crippen LogP contribution in [0.3, 0.4) is 0 Å². The molecular formula is C23H21N3S. The first kappa shape index (κ1) is 18.6. The molecule has 0 radical (unpaired) electrons. The van der Waals surface area contributed by atoms with E-state index in [2.05, 4.69) is 60.0 Å². The number of rotatable bonds is 5. The van der Waals surface area contributed by atoms with Crippen molar-refractivity contribution >= 4 is 23.0 Å². The van der Waals surface area contributed by atoms with Crippen molar-refractivity contribution < 1.29 is 0 Å². The molecule has 0 bridgehead atoms. The predicted molar refractivity (Wildman–Crippen MR) is 115 cm³/mol. The minimum absolute atomic E-state index is 0.0373. The predicted octanol–water partition coefficient (Wildman–Crippen LogP) is 5.14. The average Bonchev–Trinajstić information content (AvgIpc) is 2.69. The van der Waals surface area contributed by atoms with Crippen LogP contribution in [0.15, 0.2) is 78.9 Å². The molecule has 0 heterocycles. The standard InChI is InChI=1S/C23H21N3S/c1-17-7-11-20(12-8-17)22(19-5-3-2-4-6-19)26-23(27)25-21-13-9-18(10-14-21)15-16-24/h2-14,22H,15H2,1H3,(H2,25,26,27)/t22-/m1/s1. The number of hydrogen-bond acceptors (Lipinski definition) is 2. The molecular weight excluding hydrogens is 350 g/mol. The van der Waals surface area contributed by atoms with E-state index in [4.69, 9.17) is 17.5 Å². The fourth-order valence-corrected chi connectivity index (χ4v) is 3.09. The molecule has 0 saturated carbocycles. The molecule has 1 atom stereocenters. The first-order chi connectivity index (χ1) is 13.2. The summed E-state index contributed by atoms with van der Waals surface area (Å²) in [6.07, 6.45) is 0.409. The molecule has 3 rings (SSSR count). The maximum Gasteiger partial charge on any atom is 0.171 e. The molecule has 0 aliphatic rings. The van der Waals surface area contributed by atoms with Gasteiger partial charge in [-0.2, -0.15) is 5.26 Å². The largest absolute Gasteiger partial charge is 0.352 e. The summed E-state index contributed by atoms with van der Waals surface area (Å²) in [4.78, 5) is 0. The third-order valence-corrected chi connectivity index (χ3v) is 4.53. The Labute approximate surface area is 165 Å². The molecule has 3 aromatic carbocycles. The smallest absolute Gasteiger partial charge is 0.171 e. The van der Waals surface area contributed by atoms with Crippen molar-refractivity contribution in [2.75, 3.05) is 5.32 Å². The lowest BCUT2D eigenvalue weighted by atomic mass is 9.98. The zero-order chi connectivity index (χ0) is 19.1. The number of aryl methyl sites for hydroxylation is 1. The third-order valence-electron chi connectivity index (χ3n) is 4.31. The molecule has 134 valence electrons. The minimum atomic E-state index is -0.0373. The van der Waals surface area contributed by atoms with Crippen LogP contribution in [-0.4, -0.2) is 5.11 Å². The van der Waals surface area contributed by atoms with Gasteiger partial charge < -0.3 is 10.6 Å². The summed E-state index contributed by atoms with van der Waals surface area (Å²) in [5.41, 5.74) is 5.41. The topological polar surface area (TPSA) is 47.8 Å². The molecule has 0 aromatic heterocycles. The van der Waals surface area contributed by atoms with E-state index in [9.17, 15) is 0 Å². The monoisotopic (exact) mass is 371 g/mol. The second kappa shape index (κ2) is 8.98. The fourth-order valence-electron chi connectivity index (χ4n) is 2.86. The van der Waals surface area contributed by atoms with Crippen molar-refractivity contribution in [2.45, 2.75) is 19.4 Å². The van der Waals surface area contributed by atoms with Gasteiger partial charge in [0.05, 0.1) is 18.5 Å². The number of nitrogens with one attached hydrogen (secondary N) is 2. The zero-order valence-electron chi connectivity index (χ0n) is 15.1. The van der Waals surface area contributed by atoms with Crippen LogP contribution >= 0.6 is 12.2 Å². The summed E-state index contributed by atoms with van der Waals surface area (Å²) >= 11 is 5.55. The van der Waals surface area contributed by atoms with Gasteiger partial charge >= 0.3 is 0 Å². The van der Waals surface area contributed by atoms with Crippen LogP contribution in [0.2, 0.25) is 0 Å². The van der Waals surface area contributed by atoms with Gasteiger partial charge in [0.25, 0.3) is 0 Å². The van der Waals surface area contributed by atoms with Crippen LogP contribution in [0.5, 0.6) is 0 Å². The van der Waals surface area contributed by atoms with Crippen LogP contribution in [0.25, 0.3) is 0 Å². The lowest BCUT2D eigenvalue weighted by Crippen LogP contribution is -2.33. The van der Waals surface area contributed by atoms with Gasteiger partial charge in [-0.3, -0.25) is 0 Å². The lowest BCUT2D eigenvalue weighted by molar-refractivity contribution is 0.768. The highest BCUT2D eigenvalue weighted by Crippen LogP contribution is 2.22. The van der Waals surface area contributed by atoms with Crippen molar-refractivity contribution in [1.82, 2.24) is 5.32 Å². The third kappa shape index (κ3) is 5.16. The highest BCUT2D eigenvalue weighted by molar-refractivity contribution is 7.80. The molecule has 0 unspecified atom stereocenters. The number of benzene rings is 3. The Kier molecular flexibility index (Phi) is 6.19. The molecule has 3 nitrogen and oxygen atoms in total. The number of anilines is 1. The van der Waals surface area contributed by atoms with E-state index in [1.165, 1.54) is 5.56 Å². The average molecular weight is 372 g/mol. The fraction of sp³-hybridized carbons (Fsp3) is 0.130. The Bertz CT molecular complexity index is 926. The maximum atomic E-state index is 8.77. The quantitative estimate of drug-likeness (QED) is 0.610. The van der Waals surface area contributed by atoms with E-state index in [0.29, 0.717) is 11.5 Å². The van der Waals surface area contributed by atoms with Crippen molar-refractivity contribution in [2.24, 2.45) is 0 Å². The molecule has 0 amide bonds. The van der Waals surface area contributed by atoms with Crippen molar-refractivity contribution in [3.63, 3.8) is 0 Å². The lowest BCUT2D eigenvalue weighted by Gasteiger charge is -2.22. The van der Waals surface area contributed by atoms with Gasteiger partial charge in [-0.25, -0.2) is 0 Å². The van der Waals surface area contributed by atoms with E-state index in [-0.39, 0.29) is 6.04 Å². The van der Waals surface area contributed by atoms with Crippen LogP contribution in [0.1, 0.15) is 28.3 Å². The summed E-state index contributed by atoms with van der Waals surface area (Å²) in [7, 11) is 0. The molecule has 3 aromatic rings. The van der Waals surface area contributed by atoms with E-state index in [0.717, 1.165) is 22.4 Å². The zero-order valence-corrected chi connectivity index (χ0v) is 16.0. The summed E-state index contributed by atoms with van der Waals surface area (Å²) in [5.74, 6) is 0. The van der Waals surface area contributed by atoms with Crippen LogP contribution in [0, 0.1) is 18.3 Å². The Morgan fingerprint density at radius 1 is 0.926 bits per heavy atom. The SMILES string of the molecule is Cc1ccc([C@H](NC(=S)Nc2ccc(CC#N)cc2)c2ccccc2)cc1. The van der Waals surface area contributed by atoms with Crippen LogP contribution in [-0.2, 0) is 6.42 Å². The normalized spacial score (nSPS) is 11.3. The molecule has 0 fully saturated rings. The number of thiocarbonyl (C=S) groups is 1. The van der Waals surface area contributed by atoms with Crippen molar-refractivity contribution in [1.29, 1.82) is 5.26 Å². The van der Waals surface area contributed by atoms with Crippen LogP contribution in [0.4, 0.5) is 5.69 Å². The summed E-state index contributed by atoms with van der Waals surface area (Å²) in [6.45, 7) is 2.08. The maximum absolute atomic E-state index is 8.77. The first-order valence-corrected chi connectivity index (χ1v) is 9.21. The summed E-state index contributed by atoms with van der Waals surface area (Å²) < 4.78 is 0. The van der Waals surface area contributed by atoms with Crippen molar-refractivity contribution in [3.8, 4) is 6.07 Å². The highest BCUT2D eigenvalue weighted by atomic mass is 32.1. The second-order valence-corrected chi connectivity index (χ2v) is 6.79. The van der Waals surface area contributed by atoms with Gasteiger partial charge in [-0.05, 0) is 48.0 Å². The highest BCUT2D eigenvalue weighted by Gasteiger charge is 2.15.